The van der Waals surface area contributed by atoms with Gasteiger partial charge in [0.1, 0.15) is 0 Å². The maximum atomic E-state index is 8.34. The molecule has 4 heteroatoms. The molecule has 0 bridgehead atoms. The third-order valence-corrected chi connectivity index (χ3v) is 2.17. The average molecular weight is 435 g/mol. The summed E-state index contributed by atoms with van der Waals surface area (Å²) in [7, 11) is 0. The molecule has 0 rings (SSSR count). The van der Waals surface area contributed by atoms with Crippen LogP contribution in [0.15, 0.2) is 0 Å². The van der Waals surface area contributed by atoms with Gasteiger partial charge in [0.15, 0.2) is 0 Å². The molecule has 0 saturated heterocycles. The number of rotatable bonds is 4. The van der Waals surface area contributed by atoms with Crippen molar-refractivity contribution >= 4 is 26.1 Å². The molecule has 0 aliphatic carbocycles. The Labute approximate surface area is 98.0 Å². The van der Waals surface area contributed by atoms with E-state index in [9.17, 15) is 0 Å². The van der Waals surface area contributed by atoms with Crippen molar-refractivity contribution in [3.63, 3.8) is 0 Å². The van der Waals surface area contributed by atoms with Gasteiger partial charge in [0.05, 0.1) is 0 Å². The summed E-state index contributed by atoms with van der Waals surface area (Å²) in [5, 5.41) is 8.34. The van der Waals surface area contributed by atoms with E-state index in [0.29, 0.717) is 11.8 Å². The van der Waals surface area contributed by atoms with Gasteiger partial charge < -0.3 is 0 Å². The molecule has 4 radical (unpaired) electrons. The Morgan fingerprint density at radius 3 is 2.45 bits per heavy atom. The summed E-state index contributed by atoms with van der Waals surface area (Å²) in [6, 6.07) is 2.17. The molecule has 0 fully saturated rings. The molecular weight excluding hydrogens is 422 g/mol. The van der Waals surface area contributed by atoms with Crippen LogP contribution in [-0.4, -0.2) is 32.6 Å². The van der Waals surface area contributed by atoms with Crippen LogP contribution in [0.4, 0.5) is 0 Å². The quantitative estimate of drug-likeness (QED) is 0.669. The first-order chi connectivity index (χ1) is 4.62. The van der Waals surface area contributed by atoms with Crippen molar-refractivity contribution in [2.75, 3.05) is 6.54 Å². The summed E-state index contributed by atoms with van der Waals surface area (Å²) in [4.78, 5) is 0. The van der Waals surface area contributed by atoms with Crippen molar-refractivity contribution in [1.29, 1.82) is 5.26 Å². The Bertz CT molecular complexity index is 131. The average Bonchev–Trinajstić information content (AvgIpc) is 1.84. The summed E-state index contributed by atoms with van der Waals surface area (Å²) in [5.74, 6) is 0. The standard InChI is InChI=1S/C7H13N2.Pb.Rh/c1-7(2,6-9)4-3-5-8;;/h9H,3-4,6H2,1-2H3;;/q-1;+1;. The molecule has 0 heterocycles. The number of hydrogen-bond acceptors (Lipinski definition) is 2. The minimum Gasteiger partial charge on any atom is 0 e. The number of hydrogen-bond donors (Lipinski definition) is 1. The van der Waals surface area contributed by atoms with Gasteiger partial charge in [0.25, 0.3) is 0 Å². The maximum Gasteiger partial charge on any atom is 0 e. The zero-order chi connectivity index (χ0) is 8.04. The molecule has 64 valence electrons. The predicted octanol–water partition coefficient (Wildman–Crippen LogP) is 0.987. The Morgan fingerprint density at radius 1 is 1.55 bits per heavy atom. The van der Waals surface area contributed by atoms with Crippen LogP contribution in [-0.2, 0) is 19.5 Å². The number of nitrogens with one attached hydrogen (secondary N) is 1. The molecule has 0 saturated carbocycles. The van der Waals surface area contributed by atoms with Crippen LogP contribution < -0.4 is 3.13 Å². The van der Waals surface area contributed by atoms with Gasteiger partial charge in [-0.25, -0.2) is 0 Å². The van der Waals surface area contributed by atoms with Crippen LogP contribution in [0, 0.1) is 16.7 Å². The fraction of sp³-hybridized carbons (Fsp3) is 0.857. The van der Waals surface area contributed by atoms with Crippen molar-refractivity contribution in [3.05, 3.63) is 0 Å². The summed E-state index contributed by atoms with van der Waals surface area (Å²) in [6.45, 7) is 5.42. The van der Waals surface area contributed by atoms with Gasteiger partial charge in [-0.1, -0.05) is 0 Å². The number of nitriles is 1. The fourth-order valence-electron chi connectivity index (χ4n) is 0.722. The summed E-state index contributed by atoms with van der Waals surface area (Å²) >= 11 is 1.05. The van der Waals surface area contributed by atoms with Gasteiger partial charge in [-0.05, 0) is 0 Å². The van der Waals surface area contributed by atoms with E-state index < -0.39 is 0 Å². The molecule has 0 unspecified atom stereocenters. The van der Waals surface area contributed by atoms with Gasteiger partial charge in [0, 0.05) is 19.5 Å². The van der Waals surface area contributed by atoms with Crippen LogP contribution >= 0.6 is 0 Å². The molecule has 1 N–H and O–H groups in total. The Kier molecular flexibility index (Phi) is 10.1. The van der Waals surface area contributed by atoms with Crippen LogP contribution in [0.2, 0.25) is 0 Å². The van der Waals surface area contributed by atoms with E-state index in [0.717, 1.165) is 39.0 Å². The molecule has 0 amide bonds. The minimum atomic E-state index is 0. The van der Waals surface area contributed by atoms with Gasteiger partial charge in [-0.15, -0.1) is 0 Å². The Hall–Kier alpha value is 0.995. The van der Waals surface area contributed by atoms with Gasteiger partial charge in [-0.2, -0.15) is 0 Å². The zero-order valence-electron chi connectivity index (χ0n) is 6.90. The van der Waals surface area contributed by atoms with E-state index in [-0.39, 0.29) is 19.5 Å². The van der Waals surface area contributed by atoms with E-state index >= 15 is 0 Å². The Morgan fingerprint density at radius 2 is 2.09 bits per heavy atom. The largest absolute Gasteiger partial charge is 0 e. The number of nitrogens with zero attached hydrogens (tertiary/aromatic N) is 1. The maximum absolute atomic E-state index is 8.34. The van der Waals surface area contributed by atoms with Crippen LogP contribution in [0.25, 0.3) is 0 Å². The molecular formula is C7H13N2PbRh. The van der Waals surface area contributed by atoms with Gasteiger partial charge in [-0.3, -0.25) is 0 Å². The second-order valence-corrected chi connectivity index (χ2v) is 4.55. The van der Waals surface area contributed by atoms with Crippen molar-refractivity contribution in [2.45, 2.75) is 26.7 Å². The molecule has 0 spiro atoms. The smallest absolute Gasteiger partial charge is 0 e. The molecule has 0 aliphatic heterocycles. The van der Waals surface area contributed by atoms with E-state index in [1.165, 1.54) is 0 Å². The van der Waals surface area contributed by atoms with Crippen molar-refractivity contribution in [3.8, 4) is 6.07 Å². The monoisotopic (exact) mass is 436 g/mol. The summed E-state index contributed by atoms with van der Waals surface area (Å²) in [5.41, 5.74) is 0.303. The van der Waals surface area contributed by atoms with Crippen molar-refractivity contribution < 1.29 is 19.5 Å². The molecule has 2 nitrogen and oxygen atoms in total. The van der Waals surface area contributed by atoms with Crippen molar-refractivity contribution in [2.24, 2.45) is 5.41 Å². The van der Waals surface area contributed by atoms with E-state index in [1.54, 1.807) is 0 Å². The summed E-state index contributed by atoms with van der Waals surface area (Å²) < 4.78 is 3.25. The first-order valence-corrected chi connectivity index (χ1v) is 5.33. The topological polar surface area (TPSA) is 35.8 Å². The molecule has 11 heavy (non-hydrogen) atoms. The second kappa shape index (κ2) is 7.63. The van der Waals surface area contributed by atoms with Crippen molar-refractivity contribution in [1.82, 2.24) is 3.13 Å². The molecule has 0 aromatic carbocycles. The second-order valence-electron chi connectivity index (χ2n) is 3.18. The van der Waals surface area contributed by atoms with E-state index in [1.807, 2.05) is 0 Å². The first kappa shape index (κ1) is 14.5. The van der Waals surface area contributed by atoms with Crippen LogP contribution in [0.3, 0.4) is 0 Å². The molecule has 0 aliphatic rings. The Balaban J connectivity index is 0. The normalized spacial score (nSPS) is 10.0. The third kappa shape index (κ3) is 8.91. The van der Waals surface area contributed by atoms with Crippen LogP contribution in [0.1, 0.15) is 26.7 Å². The minimum absolute atomic E-state index is 0. The molecule has 0 aromatic heterocycles. The van der Waals surface area contributed by atoms with E-state index in [4.69, 9.17) is 5.26 Å². The predicted molar refractivity (Wildman–Crippen MR) is 42.4 cm³/mol. The zero-order valence-corrected chi connectivity index (χ0v) is 12.4. The molecule has 0 aromatic rings. The third-order valence-electron chi connectivity index (χ3n) is 1.48. The van der Waals surface area contributed by atoms with E-state index in [2.05, 4.69) is 23.0 Å². The molecule has 0 atom stereocenters. The summed E-state index contributed by atoms with van der Waals surface area (Å²) in [6.07, 6.45) is 1.68. The van der Waals surface area contributed by atoms with Gasteiger partial charge >= 0.3 is 79.2 Å². The first-order valence-electron chi connectivity index (χ1n) is 3.39. The van der Waals surface area contributed by atoms with Crippen LogP contribution in [0.5, 0.6) is 0 Å². The van der Waals surface area contributed by atoms with Gasteiger partial charge in [0.2, 0.25) is 0 Å². The SMILES string of the molecule is CC(C)(CCC#N)C[NH][Pb].[Rh]. The fourth-order valence-corrected chi connectivity index (χ4v) is 2.58.